The number of anilines is 5. The molecule has 7 rings (SSSR count). The topological polar surface area (TPSA) is 102 Å². The fourth-order valence-electron chi connectivity index (χ4n) is 8.10. The average molecular weight is 718 g/mol. The Morgan fingerprint density at radius 2 is 1.60 bits per heavy atom. The van der Waals surface area contributed by atoms with E-state index in [1.165, 1.54) is 55.5 Å². The minimum Gasteiger partial charge on any atom is -0.494 e. The van der Waals surface area contributed by atoms with Gasteiger partial charge >= 0.3 is 0 Å². The number of amides is 1. The molecule has 1 amide bonds. The van der Waals surface area contributed by atoms with Crippen LogP contribution in [-0.2, 0) is 9.63 Å². The van der Waals surface area contributed by atoms with Crippen LogP contribution in [0.25, 0.3) is 0 Å². The van der Waals surface area contributed by atoms with Gasteiger partial charge in [0.25, 0.3) is 0 Å². The minimum atomic E-state index is -0.641. The number of benzene rings is 2. The Morgan fingerprint density at radius 3 is 2.25 bits per heavy atom. The van der Waals surface area contributed by atoms with Crippen LogP contribution < -0.4 is 25.3 Å². The Morgan fingerprint density at radius 1 is 0.904 bits per heavy atom. The highest BCUT2D eigenvalue weighted by Crippen LogP contribution is 2.41. The Bertz CT molecular complexity index is 1720. The van der Waals surface area contributed by atoms with Gasteiger partial charge < -0.3 is 25.2 Å². The maximum atomic E-state index is 14.7. The molecule has 0 radical (unpaired) electrons. The van der Waals surface area contributed by atoms with Crippen molar-refractivity contribution in [3.63, 3.8) is 0 Å². The van der Waals surface area contributed by atoms with Crippen LogP contribution in [0, 0.1) is 11.6 Å². The summed E-state index contributed by atoms with van der Waals surface area (Å²) in [7, 11) is 3.83. The third-order valence-corrected chi connectivity index (χ3v) is 11.0. The zero-order valence-electron chi connectivity index (χ0n) is 30.1. The zero-order chi connectivity index (χ0) is 36.2. The molecule has 0 bridgehead atoms. The number of carbonyl (C=O) groups is 1. The van der Waals surface area contributed by atoms with Crippen molar-refractivity contribution in [3.8, 4) is 5.75 Å². The standard InChI is InChI=1S/C38H49F2N9O3/c1-4-38(50)44-31-22-32(43-36-24-37(42-25-41-36)49-33(11-20-52-49)29-6-5-26(39)21-30(29)40)35(51-3)23-34(31)48-14-9-28(10-15-48)47-18-16-46(17-19-47)27-7-12-45(2)13-8-27/h4-6,21-25,27-28,33H,1,7-20H2,2-3H3,(H,44,50)(H,41,42,43)/t33-/m1/s1. The van der Waals surface area contributed by atoms with Crippen molar-refractivity contribution in [2.24, 2.45) is 0 Å². The monoisotopic (exact) mass is 717 g/mol. The molecule has 0 unspecified atom stereocenters. The molecule has 2 aromatic carbocycles. The van der Waals surface area contributed by atoms with Crippen molar-refractivity contribution in [2.45, 2.75) is 50.2 Å². The summed E-state index contributed by atoms with van der Waals surface area (Å²) in [6, 6.07) is 9.79. The molecule has 4 aliphatic heterocycles. The number of methoxy groups -OCH3 is 1. The van der Waals surface area contributed by atoms with E-state index >= 15 is 0 Å². The summed E-state index contributed by atoms with van der Waals surface area (Å²) in [6.07, 6.45) is 7.76. The third kappa shape index (κ3) is 7.99. The molecule has 3 aromatic rings. The first kappa shape index (κ1) is 36.0. The van der Waals surface area contributed by atoms with Crippen molar-refractivity contribution in [3.05, 3.63) is 72.6 Å². The number of halogens is 2. The number of carbonyl (C=O) groups excluding carboxylic acids is 1. The van der Waals surface area contributed by atoms with Crippen LogP contribution in [0.3, 0.4) is 0 Å². The van der Waals surface area contributed by atoms with Crippen molar-refractivity contribution < 1.29 is 23.1 Å². The highest BCUT2D eigenvalue weighted by molar-refractivity contribution is 6.02. The molecular formula is C38H49F2N9O3. The fourth-order valence-corrected chi connectivity index (χ4v) is 8.10. The van der Waals surface area contributed by atoms with Crippen molar-refractivity contribution in [2.75, 3.05) is 93.7 Å². The summed E-state index contributed by atoms with van der Waals surface area (Å²) in [6.45, 7) is 12.6. The number of nitrogens with zero attached hydrogens (tertiary/aromatic N) is 7. The van der Waals surface area contributed by atoms with Crippen LogP contribution in [-0.4, -0.2) is 116 Å². The summed E-state index contributed by atoms with van der Waals surface area (Å²) >= 11 is 0. The van der Waals surface area contributed by atoms with E-state index in [2.05, 4.69) is 53.8 Å². The third-order valence-electron chi connectivity index (χ3n) is 11.0. The van der Waals surface area contributed by atoms with Gasteiger partial charge in [0.2, 0.25) is 5.91 Å². The van der Waals surface area contributed by atoms with Gasteiger partial charge in [-0.25, -0.2) is 23.8 Å². The van der Waals surface area contributed by atoms with Crippen molar-refractivity contribution in [1.82, 2.24) is 24.7 Å². The van der Waals surface area contributed by atoms with Crippen LogP contribution in [0.5, 0.6) is 5.75 Å². The van der Waals surface area contributed by atoms with Crippen LogP contribution in [0.4, 0.5) is 37.5 Å². The lowest BCUT2D eigenvalue weighted by atomic mass is 9.99. The second-order valence-corrected chi connectivity index (χ2v) is 14.1. The number of rotatable bonds is 10. The van der Waals surface area contributed by atoms with Gasteiger partial charge in [-0.1, -0.05) is 12.6 Å². The molecule has 12 nitrogen and oxygen atoms in total. The molecule has 0 saturated carbocycles. The summed E-state index contributed by atoms with van der Waals surface area (Å²) in [5.41, 5.74) is 2.40. The van der Waals surface area contributed by atoms with Crippen LogP contribution in [0.1, 0.15) is 43.7 Å². The van der Waals surface area contributed by atoms with Gasteiger partial charge in [0, 0.05) is 81.5 Å². The molecule has 0 aliphatic carbocycles. The molecule has 5 heterocycles. The highest BCUT2D eigenvalue weighted by Gasteiger charge is 2.33. The maximum absolute atomic E-state index is 14.7. The van der Waals surface area contributed by atoms with Crippen molar-refractivity contribution >= 4 is 34.6 Å². The summed E-state index contributed by atoms with van der Waals surface area (Å²) in [5.74, 6) is -0.183. The van der Waals surface area contributed by atoms with E-state index in [-0.39, 0.29) is 5.91 Å². The Hall–Kier alpha value is -4.37. The predicted octanol–water partition coefficient (Wildman–Crippen LogP) is 5.20. The number of aromatic nitrogens is 2. The van der Waals surface area contributed by atoms with E-state index in [1.54, 1.807) is 13.2 Å². The van der Waals surface area contributed by atoms with Gasteiger partial charge in [-0.05, 0) is 64.0 Å². The van der Waals surface area contributed by atoms with E-state index in [4.69, 9.17) is 9.57 Å². The summed E-state index contributed by atoms with van der Waals surface area (Å²) in [5, 5.41) is 7.84. The molecule has 1 atom stereocenters. The number of ether oxygens (including phenoxy) is 1. The Labute approximate surface area is 304 Å². The van der Waals surface area contributed by atoms with Crippen molar-refractivity contribution in [1.29, 1.82) is 0 Å². The van der Waals surface area contributed by atoms with E-state index < -0.39 is 17.7 Å². The van der Waals surface area contributed by atoms with E-state index in [0.29, 0.717) is 53.4 Å². The molecule has 4 fully saturated rings. The molecule has 52 heavy (non-hydrogen) atoms. The Kier molecular flexibility index (Phi) is 11.2. The summed E-state index contributed by atoms with van der Waals surface area (Å²) in [4.78, 5) is 37.4. The molecule has 278 valence electrons. The molecule has 4 saturated heterocycles. The number of piperazine rings is 1. The van der Waals surface area contributed by atoms with Gasteiger partial charge in [0.15, 0.2) is 5.82 Å². The average Bonchev–Trinajstić information content (AvgIpc) is 3.65. The lowest BCUT2D eigenvalue weighted by molar-refractivity contribution is -0.111. The molecule has 0 spiro atoms. The highest BCUT2D eigenvalue weighted by atomic mass is 19.1. The molecule has 2 N–H and O–H groups in total. The number of piperidine rings is 2. The first-order valence-electron chi connectivity index (χ1n) is 18.3. The largest absolute Gasteiger partial charge is 0.494 e. The lowest BCUT2D eigenvalue weighted by Crippen LogP contribution is -2.56. The van der Waals surface area contributed by atoms with Gasteiger partial charge in [0.1, 0.15) is 29.5 Å². The first-order valence-corrected chi connectivity index (χ1v) is 18.3. The van der Waals surface area contributed by atoms with E-state index in [1.807, 2.05) is 12.1 Å². The summed E-state index contributed by atoms with van der Waals surface area (Å²) < 4.78 is 34.2. The quantitative estimate of drug-likeness (QED) is 0.271. The fraction of sp³-hybridized carbons (Fsp3) is 0.500. The van der Waals surface area contributed by atoms with Gasteiger partial charge in [-0.2, -0.15) is 0 Å². The number of hydroxylamine groups is 1. The second-order valence-electron chi connectivity index (χ2n) is 14.1. The van der Waals surface area contributed by atoms with E-state index in [0.717, 1.165) is 69.9 Å². The van der Waals surface area contributed by atoms with Crippen LogP contribution in [0.15, 0.2) is 55.4 Å². The lowest BCUT2D eigenvalue weighted by Gasteiger charge is -2.46. The number of likely N-dealkylation sites (tertiary alicyclic amines) is 1. The van der Waals surface area contributed by atoms with Gasteiger partial charge in [-0.3, -0.25) is 19.4 Å². The number of hydrogen-bond donors (Lipinski definition) is 2. The van der Waals surface area contributed by atoms with E-state index in [9.17, 15) is 13.6 Å². The Balaban J connectivity index is 1.04. The van der Waals surface area contributed by atoms with Crippen LogP contribution >= 0.6 is 0 Å². The minimum absolute atomic E-state index is 0.315. The van der Waals surface area contributed by atoms with Gasteiger partial charge in [0.05, 0.1) is 36.8 Å². The zero-order valence-corrected chi connectivity index (χ0v) is 30.1. The maximum Gasteiger partial charge on any atom is 0.247 e. The molecule has 1 aromatic heterocycles. The number of hydrogen-bond acceptors (Lipinski definition) is 11. The normalized spacial score (nSPS) is 21.3. The second kappa shape index (κ2) is 16.1. The molecule has 14 heteroatoms. The van der Waals surface area contributed by atoms with Crippen LogP contribution in [0.2, 0.25) is 0 Å². The SMILES string of the molecule is C=CC(=O)Nc1cc(Nc2cc(N3OCC[C@@H]3c3ccc(F)cc3F)ncn2)c(OC)cc1N1CCC(N2CCN(C3CCN(C)CC3)CC2)CC1. The first-order chi connectivity index (χ1) is 25.3. The molecule has 4 aliphatic rings. The number of nitrogens with one attached hydrogen (secondary N) is 2. The molecular weight excluding hydrogens is 668 g/mol. The predicted molar refractivity (Wildman–Crippen MR) is 198 cm³/mol. The van der Waals surface area contributed by atoms with Gasteiger partial charge in [-0.15, -0.1) is 0 Å². The smallest absolute Gasteiger partial charge is 0.247 e.